The van der Waals surface area contributed by atoms with Gasteiger partial charge in [0.1, 0.15) is 0 Å². The first-order valence-electron chi connectivity index (χ1n) is 6.27. The van der Waals surface area contributed by atoms with Crippen LogP contribution < -0.4 is 4.90 Å². The van der Waals surface area contributed by atoms with Gasteiger partial charge in [-0.1, -0.05) is 12.1 Å². The molecule has 1 atom stereocenters. The average Bonchev–Trinajstić information content (AvgIpc) is 2.37. The molecular weight excluding hydrogens is 335 g/mol. The van der Waals surface area contributed by atoms with Crippen LogP contribution in [-0.2, 0) is 0 Å². The normalized spacial score (nSPS) is 17.9. The molecular formula is C14H15BrF3NO. The number of rotatable bonds is 2. The van der Waals surface area contributed by atoms with Gasteiger partial charge in [-0.15, -0.1) is 0 Å². The van der Waals surface area contributed by atoms with Crippen LogP contribution in [0.5, 0.6) is 0 Å². The Hall–Kier alpha value is -1.01. The van der Waals surface area contributed by atoms with Crippen molar-refractivity contribution in [3.8, 4) is 0 Å². The molecule has 0 amide bonds. The molecule has 1 aromatic rings. The summed E-state index contributed by atoms with van der Waals surface area (Å²) < 4.78 is 38.5. The summed E-state index contributed by atoms with van der Waals surface area (Å²) in [5.41, 5.74) is 1.15. The van der Waals surface area contributed by atoms with Crippen molar-refractivity contribution in [2.24, 2.45) is 0 Å². The predicted molar refractivity (Wildman–Crippen MR) is 75.7 cm³/mol. The van der Waals surface area contributed by atoms with Gasteiger partial charge in [-0.05, 0) is 47.0 Å². The van der Waals surface area contributed by atoms with E-state index in [0.29, 0.717) is 6.54 Å². The molecule has 1 aliphatic rings. The van der Waals surface area contributed by atoms with E-state index < -0.39 is 17.9 Å². The van der Waals surface area contributed by atoms with Crippen LogP contribution in [-0.4, -0.2) is 24.4 Å². The van der Waals surface area contributed by atoms with Crippen molar-refractivity contribution < 1.29 is 18.3 Å². The second kappa shape index (κ2) is 5.77. The van der Waals surface area contributed by atoms with Crippen LogP contribution in [0.3, 0.4) is 0 Å². The summed E-state index contributed by atoms with van der Waals surface area (Å²) in [5.74, 6) is 0. The number of nitrogens with zero attached hydrogens (tertiary/aromatic N) is 1. The molecule has 1 N–H and O–H groups in total. The fourth-order valence-electron chi connectivity index (χ4n) is 2.18. The Labute approximate surface area is 124 Å². The summed E-state index contributed by atoms with van der Waals surface area (Å²) in [5, 5.41) is 9.50. The van der Waals surface area contributed by atoms with Gasteiger partial charge in [0.25, 0.3) is 0 Å². The van der Waals surface area contributed by atoms with Crippen molar-refractivity contribution in [2.75, 3.05) is 18.0 Å². The minimum absolute atomic E-state index is 0.00586. The van der Waals surface area contributed by atoms with Crippen LogP contribution in [0.4, 0.5) is 18.9 Å². The van der Waals surface area contributed by atoms with Gasteiger partial charge in [-0.3, -0.25) is 0 Å². The van der Waals surface area contributed by atoms with Crippen molar-refractivity contribution in [3.63, 3.8) is 0 Å². The van der Waals surface area contributed by atoms with Gasteiger partial charge in [0.2, 0.25) is 0 Å². The van der Waals surface area contributed by atoms with Crippen LogP contribution >= 0.6 is 15.9 Å². The number of halogens is 4. The van der Waals surface area contributed by atoms with Crippen molar-refractivity contribution in [1.29, 1.82) is 0 Å². The van der Waals surface area contributed by atoms with Gasteiger partial charge in [0.05, 0.1) is 11.8 Å². The minimum Gasteiger partial charge on any atom is -0.389 e. The number of aliphatic hydroxyl groups is 1. The van der Waals surface area contributed by atoms with Crippen molar-refractivity contribution in [2.45, 2.75) is 25.6 Å². The Morgan fingerprint density at radius 2 is 2.05 bits per heavy atom. The first kappa shape index (κ1) is 15.4. The summed E-state index contributed by atoms with van der Waals surface area (Å²) in [6, 6.07) is 5.40. The summed E-state index contributed by atoms with van der Waals surface area (Å²) in [7, 11) is 0. The Balaban J connectivity index is 2.17. The van der Waals surface area contributed by atoms with Crippen LogP contribution in [0.25, 0.3) is 0 Å². The van der Waals surface area contributed by atoms with Crippen molar-refractivity contribution >= 4 is 21.6 Å². The third-order valence-electron chi connectivity index (χ3n) is 3.37. The van der Waals surface area contributed by atoms with E-state index in [9.17, 15) is 18.3 Å². The summed E-state index contributed by atoms with van der Waals surface area (Å²) in [6.45, 7) is 2.24. The molecule has 110 valence electrons. The highest BCUT2D eigenvalue weighted by atomic mass is 79.9. The van der Waals surface area contributed by atoms with Gasteiger partial charge < -0.3 is 10.0 Å². The summed E-state index contributed by atoms with van der Waals surface area (Å²) in [4.78, 5) is 1.88. The van der Waals surface area contributed by atoms with E-state index in [1.807, 2.05) is 11.0 Å². The Bertz CT molecular complexity index is 526. The maximum absolute atomic E-state index is 12.6. The smallest absolute Gasteiger partial charge is 0.389 e. The molecule has 0 saturated heterocycles. The molecule has 0 bridgehead atoms. The molecule has 1 aliphatic heterocycles. The molecule has 6 heteroatoms. The monoisotopic (exact) mass is 349 g/mol. The highest BCUT2D eigenvalue weighted by Crippen LogP contribution is 2.34. The van der Waals surface area contributed by atoms with E-state index in [-0.39, 0.29) is 13.0 Å². The predicted octanol–water partition coefficient (Wildman–Crippen LogP) is 4.20. The number of alkyl halides is 3. The molecule has 0 radical (unpaired) electrons. The number of hydrogen-bond donors (Lipinski definition) is 1. The zero-order valence-corrected chi connectivity index (χ0v) is 12.5. The quantitative estimate of drug-likeness (QED) is 0.808. The van der Waals surface area contributed by atoms with E-state index in [1.54, 1.807) is 19.1 Å². The molecule has 2 rings (SSSR count). The Kier molecular flexibility index (Phi) is 4.44. The average molecular weight is 350 g/mol. The van der Waals surface area contributed by atoms with Crippen LogP contribution in [0.15, 0.2) is 34.3 Å². The highest BCUT2D eigenvalue weighted by molar-refractivity contribution is 9.10. The molecule has 1 heterocycles. The standard InChI is InChI=1S/C14H15BrF3NO/c1-9(20)10-2-3-13(12(15)8-10)19-6-4-11(5-7-19)14(16,17)18/h2-4,8-9,20H,5-7H2,1H3/t9-/m0/s1. The van der Waals surface area contributed by atoms with Gasteiger partial charge in [0, 0.05) is 23.1 Å². The van der Waals surface area contributed by atoms with E-state index in [1.165, 1.54) is 6.08 Å². The van der Waals surface area contributed by atoms with Gasteiger partial charge in [0.15, 0.2) is 0 Å². The van der Waals surface area contributed by atoms with Gasteiger partial charge in [-0.25, -0.2) is 0 Å². The largest absolute Gasteiger partial charge is 0.412 e. The lowest BCUT2D eigenvalue weighted by atomic mass is 10.1. The molecule has 1 aromatic carbocycles. The van der Waals surface area contributed by atoms with Crippen LogP contribution in [0.1, 0.15) is 25.0 Å². The molecule has 2 nitrogen and oxygen atoms in total. The SMILES string of the molecule is C[C@H](O)c1ccc(N2CC=C(C(F)(F)F)CC2)c(Br)c1. The number of benzene rings is 1. The summed E-state index contributed by atoms with van der Waals surface area (Å²) in [6.07, 6.45) is -3.56. The van der Waals surface area contributed by atoms with Crippen molar-refractivity contribution in [3.05, 3.63) is 39.9 Å². The lowest BCUT2D eigenvalue weighted by molar-refractivity contribution is -0.0944. The molecule has 0 spiro atoms. The molecule has 0 saturated carbocycles. The fraction of sp³-hybridized carbons (Fsp3) is 0.429. The molecule has 0 fully saturated rings. The fourth-order valence-corrected chi connectivity index (χ4v) is 2.83. The topological polar surface area (TPSA) is 23.5 Å². The number of aliphatic hydroxyl groups excluding tert-OH is 1. The first-order chi connectivity index (χ1) is 9.29. The Morgan fingerprint density at radius 1 is 1.35 bits per heavy atom. The number of hydrogen-bond acceptors (Lipinski definition) is 2. The van der Waals surface area contributed by atoms with Crippen molar-refractivity contribution in [1.82, 2.24) is 0 Å². The van der Waals surface area contributed by atoms with E-state index in [2.05, 4.69) is 15.9 Å². The summed E-state index contributed by atoms with van der Waals surface area (Å²) >= 11 is 3.41. The van der Waals surface area contributed by atoms with Crippen LogP contribution in [0, 0.1) is 0 Å². The second-order valence-electron chi connectivity index (χ2n) is 4.81. The Morgan fingerprint density at radius 3 is 2.50 bits per heavy atom. The van der Waals surface area contributed by atoms with Gasteiger partial charge >= 0.3 is 6.18 Å². The highest BCUT2D eigenvalue weighted by Gasteiger charge is 2.34. The third-order valence-corrected chi connectivity index (χ3v) is 4.00. The third kappa shape index (κ3) is 3.35. The molecule has 0 aromatic heterocycles. The zero-order valence-electron chi connectivity index (χ0n) is 10.9. The maximum Gasteiger partial charge on any atom is 0.412 e. The number of anilines is 1. The first-order valence-corrected chi connectivity index (χ1v) is 7.07. The van der Waals surface area contributed by atoms with E-state index >= 15 is 0 Å². The van der Waals surface area contributed by atoms with E-state index in [4.69, 9.17) is 0 Å². The zero-order chi connectivity index (χ0) is 14.9. The lowest BCUT2D eigenvalue weighted by Gasteiger charge is -2.30. The van der Waals surface area contributed by atoms with Gasteiger partial charge in [-0.2, -0.15) is 13.2 Å². The minimum atomic E-state index is -4.22. The lowest BCUT2D eigenvalue weighted by Crippen LogP contribution is -2.32. The molecule has 0 aliphatic carbocycles. The second-order valence-corrected chi connectivity index (χ2v) is 5.66. The van der Waals surface area contributed by atoms with Crippen LogP contribution in [0.2, 0.25) is 0 Å². The van der Waals surface area contributed by atoms with E-state index in [0.717, 1.165) is 15.7 Å². The maximum atomic E-state index is 12.6. The molecule has 20 heavy (non-hydrogen) atoms. The molecule has 0 unspecified atom stereocenters.